The minimum absolute atomic E-state index is 0.331. The van der Waals surface area contributed by atoms with Gasteiger partial charge in [0.15, 0.2) is 5.13 Å². The van der Waals surface area contributed by atoms with Crippen LogP contribution in [0.25, 0.3) is 10.2 Å². The highest BCUT2D eigenvalue weighted by atomic mass is 32.1. The van der Waals surface area contributed by atoms with E-state index in [0.717, 1.165) is 10.2 Å². The Kier molecular flexibility index (Phi) is 4.95. The number of hydrogen-bond donors (Lipinski definition) is 3. The molecular weight excluding hydrogens is 366 g/mol. The van der Waals surface area contributed by atoms with Crippen LogP contribution in [0, 0.1) is 0 Å². The normalized spacial score (nSPS) is 11.2. The summed E-state index contributed by atoms with van der Waals surface area (Å²) >= 11 is 1.31. The third-order valence-corrected chi connectivity index (χ3v) is 4.22. The van der Waals surface area contributed by atoms with Gasteiger partial charge < -0.3 is 15.8 Å². The molecule has 140 valence electrons. The molecule has 2 heterocycles. The number of rotatable bonds is 3. The number of anilines is 3. The highest BCUT2D eigenvalue weighted by Gasteiger charge is 2.18. The first-order valence-electron chi connectivity index (χ1n) is 8.13. The van der Waals surface area contributed by atoms with Crippen molar-refractivity contribution in [3.63, 3.8) is 0 Å². The average Bonchev–Trinajstić information content (AvgIpc) is 2.94. The van der Waals surface area contributed by atoms with Crippen molar-refractivity contribution in [3.05, 3.63) is 42.2 Å². The van der Waals surface area contributed by atoms with Crippen molar-refractivity contribution in [1.82, 2.24) is 9.97 Å². The number of carbonyl (C=O) groups excluding carboxylic acids is 2. The Morgan fingerprint density at radius 1 is 1.15 bits per heavy atom. The summed E-state index contributed by atoms with van der Waals surface area (Å²) in [6, 6.07) is 6.72. The summed E-state index contributed by atoms with van der Waals surface area (Å²) in [5, 5.41) is 5.81. The molecule has 2 aromatic heterocycles. The second kappa shape index (κ2) is 7.20. The van der Waals surface area contributed by atoms with Gasteiger partial charge in [-0.1, -0.05) is 11.3 Å². The molecule has 0 unspecified atom stereocenters. The van der Waals surface area contributed by atoms with E-state index >= 15 is 0 Å². The van der Waals surface area contributed by atoms with Crippen LogP contribution in [0.3, 0.4) is 0 Å². The molecule has 1 aromatic carbocycles. The SMILES string of the molecule is CC(C)(C)OC(=O)Nc1cnccc1NC(=O)c1ccc2nc(N)sc2c1. The number of nitrogens with one attached hydrogen (secondary N) is 2. The molecule has 27 heavy (non-hydrogen) atoms. The first-order chi connectivity index (χ1) is 12.7. The lowest BCUT2D eigenvalue weighted by molar-refractivity contribution is 0.0635. The van der Waals surface area contributed by atoms with Crippen molar-refractivity contribution in [1.29, 1.82) is 0 Å². The third kappa shape index (κ3) is 4.70. The lowest BCUT2D eigenvalue weighted by Gasteiger charge is -2.20. The van der Waals surface area contributed by atoms with Gasteiger partial charge >= 0.3 is 6.09 Å². The number of nitrogens with two attached hydrogens (primary N) is 1. The molecule has 0 bridgehead atoms. The molecule has 0 aliphatic rings. The fourth-order valence-electron chi connectivity index (χ4n) is 2.29. The Balaban J connectivity index is 1.78. The van der Waals surface area contributed by atoms with Crippen LogP contribution in [-0.4, -0.2) is 27.6 Å². The fourth-order valence-corrected chi connectivity index (χ4v) is 3.07. The van der Waals surface area contributed by atoms with Crippen molar-refractivity contribution in [3.8, 4) is 0 Å². The number of thiazole rings is 1. The monoisotopic (exact) mass is 385 g/mol. The summed E-state index contributed by atoms with van der Waals surface area (Å²) in [5.41, 5.74) is 7.00. The van der Waals surface area contributed by atoms with E-state index in [9.17, 15) is 9.59 Å². The summed E-state index contributed by atoms with van der Waals surface area (Å²) in [6.45, 7) is 5.29. The quantitative estimate of drug-likeness (QED) is 0.629. The number of nitrogen functional groups attached to an aromatic ring is 1. The zero-order chi connectivity index (χ0) is 19.6. The van der Waals surface area contributed by atoms with Gasteiger partial charge in [0.25, 0.3) is 5.91 Å². The maximum Gasteiger partial charge on any atom is 0.412 e. The Bertz CT molecular complexity index is 1010. The largest absolute Gasteiger partial charge is 0.444 e. The van der Waals surface area contributed by atoms with E-state index in [-0.39, 0.29) is 5.91 Å². The van der Waals surface area contributed by atoms with Gasteiger partial charge in [-0.2, -0.15) is 0 Å². The fraction of sp³-hybridized carbons (Fsp3) is 0.222. The minimum Gasteiger partial charge on any atom is -0.444 e. The van der Waals surface area contributed by atoms with Gasteiger partial charge in [0, 0.05) is 11.8 Å². The molecule has 9 heteroatoms. The summed E-state index contributed by atoms with van der Waals surface area (Å²) in [7, 11) is 0. The highest BCUT2D eigenvalue weighted by molar-refractivity contribution is 7.22. The van der Waals surface area contributed by atoms with Gasteiger partial charge in [-0.15, -0.1) is 0 Å². The van der Waals surface area contributed by atoms with Crippen LogP contribution in [0.15, 0.2) is 36.7 Å². The molecule has 0 radical (unpaired) electrons. The first-order valence-corrected chi connectivity index (χ1v) is 8.94. The molecule has 4 N–H and O–H groups in total. The third-order valence-electron chi connectivity index (χ3n) is 3.37. The van der Waals surface area contributed by atoms with E-state index < -0.39 is 11.7 Å². The van der Waals surface area contributed by atoms with Crippen molar-refractivity contribution in [2.45, 2.75) is 26.4 Å². The number of aromatic nitrogens is 2. The molecule has 0 spiro atoms. The van der Waals surface area contributed by atoms with Gasteiger partial charge in [0.1, 0.15) is 5.60 Å². The molecule has 0 fully saturated rings. The number of fused-ring (bicyclic) bond motifs is 1. The Morgan fingerprint density at radius 3 is 2.67 bits per heavy atom. The van der Waals surface area contributed by atoms with Crippen LogP contribution >= 0.6 is 11.3 Å². The van der Waals surface area contributed by atoms with Gasteiger partial charge in [-0.25, -0.2) is 9.78 Å². The summed E-state index contributed by atoms with van der Waals surface area (Å²) in [4.78, 5) is 32.7. The zero-order valence-corrected chi connectivity index (χ0v) is 15.9. The van der Waals surface area contributed by atoms with Crippen molar-refractivity contribution >= 4 is 50.1 Å². The second-order valence-corrected chi connectivity index (χ2v) is 7.80. The summed E-state index contributed by atoms with van der Waals surface area (Å²) < 4.78 is 6.05. The van der Waals surface area contributed by atoms with E-state index in [1.54, 1.807) is 45.0 Å². The maximum absolute atomic E-state index is 12.6. The van der Waals surface area contributed by atoms with Crippen molar-refractivity contribution in [2.24, 2.45) is 0 Å². The van der Waals surface area contributed by atoms with Crippen molar-refractivity contribution < 1.29 is 14.3 Å². The lowest BCUT2D eigenvalue weighted by atomic mass is 10.2. The van der Waals surface area contributed by atoms with Gasteiger partial charge in [0.2, 0.25) is 0 Å². The maximum atomic E-state index is 12.6. The minimum atomic E-state index is -0.637. The lowest BCUT2D eigenvalue weighted by Crippen LogP contribution is -2.27. The van der Waals surface area contributed by atoms with Crippen LogP contribution < -0.4 is 16.4 Å². The molecule has 0 saturated carbocycles. The number of carbonyl (C=O) groups is 2. The topological polar surface area (TPSA) is 119 Å². The molecule has 0 atom stereocenters. The number of hydrogen-bond acceptors (Lipinski definition) is 7. The predicted molar refractivity (Wildman–Crippen MR) is 106 cm³/mol. The Morgan fingerprint density at radius 2 is 1.93 bits per heavy atom. The number of amides is 2. The molecule has 8 nitrogen and oxygen atoms in total. The predicted octanol–water partition coefficient (Wildman–Crippen LogP) is 3.87. The molecule has 3 rings (SSSR count). The van der Waals surface area contributed by atoms with Gasteiger partial charge in [0.05, 0.1) is 27.8 Å². The number of pyridine rings is 1. The van der Waals surface area contributed by atoms with E-state index in [1.807, 2.05) is 0 Å². The standard InChI is InChI=1S/C18H19N5O3S/c1-18(2,3)26-17(25)23-13-9-20-7-6-11(13)21-15(24)10-4-5-12-14(8-10)27-16(19)22-12/h4-9H,1-3H3,(H2,19,22)(H,23,25)(H,20,21,24). The Hall–Kier alpha value is -3.20. The van der Waals surface area contributed by atoms with Crippen LogP contribution in [0.1, 0.15) is 31.1 Å². The molecule has 2 amide bonds. The average molecular weight is 385 g/mol. The van der Waals surface area contributed by atoms with Gasteiger partial charge in [-0.3, -0.25) is 15.1 Å². The van der Waals surface area contributed by atoms with Crippen LogP contribution in [0.4, 0.5) is 21.3 Å². The molecule has 3 aromatic rings. The van der Waals surface area contributed by atoms with Crippen LogP contribution in [-0.2, 0) is 4.74 Å². The van der Waals surface area contributed by atoms with E-state index in [1.165, 1.54) is 23.7 Å². The molecule has 0 aliphatic carbocycles. The van der Waals surface area contributed by atoms with E-state index in [4.69, 9.17) is 10.5 Å². The summed E-state index contributed by atoms with van der Waals surface area (Å²) in [6.07, 6.45) is 2.32. The van der Waals surface area contributed by atoms with E-state index in [0.29, 0.717) is 22.1 Å². The second-order valence-electron chi connectivity index (χ2n) is 6.74. The highest BCUT2D eigenvalue weighted by Crippen LogP contribution is 2.26. The first kappa shape index (κ1) is 18.6. The van der Waals surface area contributed by atoms with Crippen LogP contribution in [0.5, 0.6) is 0 Å². The smallest absolute Gasteiger partial charge is 0.412 e. The number of ether oxygens (including phenoxy) is 1. The number of nitrogens with zero attached hydrogens (tertiary/aromatic N) is 2. The molecular formula is C18H19N5O3S. The van der Waals surface area contributed by atoms with Crippen LogP contribution in [0.2, 0.25) is 0 Å². The van der Waals surface area contributed by atoms with E-state index in [2.05, 4.69) is 20.6 Å². The van der Waals surface area contributed by atoms with Gasteiger partial charge in [-0.05, 0) is 45.0 Å². The molecule has 0 saturated heterocycles. The molecule has 0 aliphatic heterocycles. The Labute approximate surface area is 159 Å². The van der Waals surface area contributed by atoms with Crippen molar-refractivity contribution in [2.75, 3.05) is 16.4 Å². The number of benzene rings is 1. The summed E-state index contributed by atoms with van der Waals surface area (Å²) in [5.74, 6) is -0.331. The zero-order valence-electron chi connectivity index (χ0n) is 15.1.